The van der Waals surface area contributed by atoms with Crippen molar-refractivity contribution in [2.75, 3.05) is 0 Å². The Morgan fingerprint density at radius 3 is 2.00 bits per heavy atom. The Bertz CT molecular complexity index is 831. The van der Waals surface area contributed by atoms with E-state index in [0.29, 0.717) is 22.1 Å². The zero-order valence-electron chi connectivity index (χ0n) is 12.1. The molecule has 5 heteroatoms. The van der Waals surface area contributed by atoms with E-state index < -0.39 is 0 Å². The number of Topliss-reactive ketones (excluding diaryl/α,β-unsaturated/α-hetero) is 1. The lowest BCUT2D eigenvalue weighted by Gasteiger charge is -2.05. The third-order valence-electron chi connectivity index (χ3n) is 3.09. The third kappa shape index (κ3) is 3.67. The van der Waals surface area contributed by atoms with Gasteiger partial charge in [-0.15, -0.1) is 0 Å². The first kappa shape index (κ1) is 15.1. The molecule has 0 unspecified atom stereocenters. The Labute approximate surface area is 138 Å². The van der Waals surface area contributed by atoms with Crippen molar-refractivity contribution in [3.63, 3.8) is 0 Å². The summed E-state index contributed by atoms with van der Waals surface area (Å²) in [5.41, 5.74) is 1.69. The molecule has 3 rings (SSSR count). The molecule has 0 amide bonds. The summed E-state index contributed by atoms with van der Waals surface area (Å²) in [5.74, 6) is -0.278. The van der Waals surface area contributed by atoms with Crippen LogP contribution in [-0.4, -0.2) is 21.5 Å². The number of halogens is 1. The van der Waals surface area contributed by atoms with Crippen molar-refractivity contribution in [2.45, 2.75) is 0 Å². The van der Waals surface area contributed by atoms with E-state index in [9.17, 15) is 4.79 Å². The first-order chi connectivity index (χ1) is 11.2. The molecule has 0 aliphatic rings. The zero-order valence-corrected chi connectivity index (χ0v) is 12.8. The SMILES string of the molecule is O=C(C(=Nc1ccc(Cl)cc1)c1ccccn1)c1ccccn1. The lowest BCUT2D eigenvalue weighted by atomic mass is 10.1. The molecule has 2 aromatic heterocycles. The van der Waals surface area contributed by atoms with Crippen LogP contribution in [0.2, 0.25) is 5.02 Å². The Morgan fingerprint density at radius 1 is 0.826 bits per heavy atom. The average molecular weight is 322 g/mol. The van der Waals surface area contributed by atoms with Gasteiger partial charge < -0.3 is 0 Å². The number of carbonyl (C=O) groups excluding carboxylic acids is 1. The summed E-state index contributed by atoms with van der Waals surface area (Å²) in [6, 6.07) is 17.5. The van der Waals surface area contributed by atoms with Gasteiger partial charge >= 0.3 is 0 Å². The molecule has 0 radical (unpaired) electrons. The molecule has 0 N–H and O–H groups in total. The fourth-order valence-electron chi connectivity index (χ4n) is 1.99. The maximum atomic E-state index is 12.8. The maximum Gasteiger partial charge on any atom is 0.231 e. The van der Waals surface area contributed by atoms with E-state index in [4.69, 9.17) is 11.6 Å². The quantitative estimate of drug-likeness (QED) is 0.536. The summed E-state index contributed by atoms with van der Waals surface area (Å²) in [6.07, 6.45) is 3.20. The van der Waals surface area contributed by atoms with Crippen LogP contribution in [0.25, 0.3) is 0 Å². The minimum atomic E-state index is -0.278. The smallest absolute Gasteiger partial charge is 0.231 e. The molecular formula is C18H12ClN3O. The van der Waals surface area contributed by atoms with Crippen molar-refractivity contribution in [2.24, 2.45) is 4.99 Å². The average Bonchev–Trinajstić information content (AvgIpc) is 2.62. The van der Waals surface area contributed by atoms with E-state index >= 15 is 0 Å². The molecule has 0 saturated carbocycles. The van der Waals surface area contributed by atoms with Crippen molar-refractivity contribution in [3.8, 4) is 0 Å². The maximum absolute atomic E-state index is 12.8. The fourth-order valence-corrected chi connectivity index (χ4v) is 2.12. The van der Waals surface area contributed by atoms with Gasteiger partial charge in [-0.25, -0.2) is 4.99 Å². The molecule has 0 spiro atoms. The van der Waals surface area contributed by atoms with E-state index in [0.717, 1.165) is 0 Å². The predicted octanol–water partition coefficient (Wildman–Crippen LogP) is 4.13. The molecule has 23 heavy (non-hydrogen) atoms. The standard InChI is InChI=1S/C18H12ClN3O/c19-13-7-9-14(10-8-13)22-17(15-5-1-3-11-20-15)18(23)16-6-2-4-12-21-16/h1-12H. The Balaban J connectivity index is 2.07. The van der Waals surface area contributed by atoms with Crippen molar-refractivity contribution < 1.29 is 4.79 Å². The molecule has 112 valence electrons. The van der Waals surface area contributed by atoms with Crippen LogP contribution in [0.15, 0.2) is 78.0 Å². The Hall–Kier alpha value is -2.85. The second kappa shape index (κ2) is 6.94. The van der Waals surface area contributed by atoms with E-state index in [1.807, 2.05) is 6.07 Å². The van der Waals surface area contributed by atoms with E-state index in [1.54, 1.807) is 67.0 Å². The number of aliphatic imine (C=N–C) groups is 1. The number of aromatic nitrogens is 2. The van der Waals surface area contributed by atoms with Gasteiger partial charge in [0, 0.05) is 17.4 Å². The summed E-state index contributed by atoms with van der Waals surface area (Å²) in [7, 11) is 0. The van der Waals surface area contributed by atoms with Crippen LogP contribution in [-0.2, 0) is 0 Å². The minimum absolute atomic E-state index is 0.242. The minimum Gasteiger partial charge on any atom is -0.285 e. The van der Waals surface area contributed by atoms with E-state index in [2.05, 4.69) is 15.0 Å². The largest absolute Gasteiger partial charge is 0.285 e. The molecule has 0 bridgehead atoms. The van der Waals surface area contributed by atoms with E-state index in [1.165, 1.54) is 0 Å². The van der Waals surface area contributed by atoms with Crippen molar-refractivity contribution in [1.29, 1.82) is 0 Å². The van der Waals surface area contributed by atoms with Crippen LogP contribution in [0.4, 0.5) is 5.69 Å². The number of carbonyl (C=O) groups is 1. The van der Waals surface area contributed by atoms with Crippen LogP contribution < -0.4 is 0 Å². The number of pyridine rings is 2. The van der Waals surface area contributed by atoms with Crippen LogP contribution >= 0.6 is 11.6 Å². The highest BCUT2D eigenvalue weighted by molar-refractivity contribution is 6.51. The van der Waals surface area contributed by atoms with Crippen molar-refractivity contribution in [1.82, 2.24) is 9.97 Å². The summed E-state index contributed by atoms with van der Waals surface area (Å²) < 4.78 is 0. The summed E-state index contributed by atoms with van der Waals surface area (Å²) in [5, 5.41) is 0.611. The van der Waals surface area contributed by atoms with Gasteiger partial charge in [0.1, 0.15) is 11.4 Å². The number of ketones is 1. The number of rotatable bonds is 4. The van der Waals surface area contributed by atoms with Crippen LogP contribution in [0.5, 0.6) is 0 Å². The third-order valence-corrected chi connectivity index (χ3v) is 3.34. The van der Waals surface area contributed by atoms with Crippen molar-refractivity contribution in [3.05, 3.63) is 89.5 Å². The van der Waals surface area contributed by atoms with Gasteiger partial charge in [0.15, 0.2) is 0 Å². The Morgan fingerprint density at radius 2 is 1.43 bits per heavy atom. The van der Waals surface area contributed by atoms with E-state index in [-0.39, 0.29) is 11.5 Å². The summed E-state index contributed by atoms with van der Waals surface area (Å²) >= 11 is 5.89. The second-order valence-electron chi connectivity index (χ2n) is 4.70. The lowest BCUT2D eigenvalue weighted by Crippen LogP contribution is -2.18. The molecule has 3 aromatic rings. The van der Waals surface area contributed by atoms with Gasteiger partial charge in [0.05, 0.1) is 11.4 Å². The first-order valence-electron chi connectivity index (χ1n) is 6.95. The molecule has 1 aromatic carbocycles. The predicted molar refractivity (Wildman–Crippen MR) is 90.5 cm³/mol. The topological polar surface area (TPSA) is 55.2 Å². The lowest BCUT2D eigenvalue weighted by molar-refractivity contribution is 0.106. The van der Waals surface area contributed by atoms with Gasteiger partial charge in [-0.05, 0) is 48.5 Å². The molecule has 0 aliphatic carbocycles. The zero-order chi connectivity index (χ0) is 16.1. The highest BCUT2D eigenvalue weighted by atomic mass is 35.5. The number of hydrogen-bond donors (Lipinski definition) is 0. The van der Waals surface area contributed by atoms with Gasteiger partial charge in [0.2, 0.25) is 5.78 Å². The number of hydrogen-bond acceptors (Lipinski definition) is 4. The van der Waals surface area contributed by atoms with Crippen LogP contribution in [0, 0.1) is 0 Å². The number of benzene rings is 1. The highest BCUT2D eigenvalue weighted by Crippen LogP contribution is 2.18. The van der Waals surface area contributed by atoms with Crippen LogP contribution in [0.3, 0.4) is 0 Å². The van der Waals surface area contributed by atoms with Crippen LogP contribution in [0.1, 0.15) is 16.2 Å². The molecule has 0 aliphatic heterocycles. The molecule has 0 fully saturated rings. The van der Waals surface area contributed by atoms with Crippen molar-refractivity contribution >= 4 is 28.8 Å². The molecular weight excluding hydrogens is 310 g/mol. The highest BCUT2D eigenvalue weighted by Gasteiger charge is 2.18. The fraction of sp³-hybridized carbons (Fsp3) is 0. The monoisotopic (exact) mass is 321 g/mol. The molecule has 0 saturated heterocycles. The van der Waals surface area contributed by atoms with Gasteiger partial charge in [0.25, 0.3) is 0 Å². The second-order valence-corrected chi connectivity index (χ2v) is 5.13. The number of nitrogens with zero attached hydrogens (tertiary/aromatic N) is 3. The molecule has 2 heterocycles. The molecule has 4 nitrogen and oxygen atoms in total. The van der Waals surface area contributed by atoms with Gasteiger partial charge in [-0.1, -0.05) is 23.7 Å². The van der Waals surface area contributed by atoms with Gasteiger partial charge in [-0.2, -0.15) is 0 Å². The Kier molecular flexibility index (Phi) is 4.54. The normalized spacial score (nSPS) is 11.3. The summed E-state index contributed by atoms with van der Waals surface area (Å²) in [6.45, 7) is 0. The first-order valence-corrected chi connectivity index (χ1v) is 7.33. The molecule has 0 atom stereocenters. The summed E-state index contributed by atoms with van der Waals surface area (Å²) in [4.78, 5) is 25.5. The van der Waals surface area contributed by atoms with Gasteiger partial charge in [-0.3, -0.25) is 14.8 Å².